The van der Waals surface area contributed by atoms with E-state index in [-0.39, 0.29) is 0 Å². The van der Waals surface area contributed by atoms with Crippen molar-refractivity contribution in [2.24, 2.45) is 5.73 Å². The molecular formula is C21H21N3O2. The fourth-order valence-corrected chi connectivity index (χ4v) is 3.48. The first-order valence-electron chi connectivity index (χ1n) is 8.94. The van der Waals surface area contributed by atoms with Crippen LogP contribution < -0.4 is 10.5 Å². The summed E-state index contributed by atoms with van der Waals surface area (Å²) in [5.41, 5.74) is 7.40. The van der Waals surface area contributed by atoms with Gasteiger partial charge < -0.3 is 15.5 Å². The van der Waals surface area contributed by atoms with Gasteiger partial charge in [0.1, 0.15) is 28.7 Å². The summed E-state index contributed by atoms with van der Waals surface area (Å²) in [6.45, 7) is 0. The molecule has 1 aliphatic carbocycles. The van der Waals surface area contributed by atoms with Gasteiger partial charge in [-0.05, 0) is 49.2 Å². The summed E-state index contributed by atoms with van der Waals surface area (Å²) in [5.74, 6) is 2.29. The predicted octanol–water partition coefficient (Wildman–Crippen LogP) is 4.63. The summed E-state index contributed by atoms with van der Waals surface area (Å²) in [7, 11) is 0. The number of imidazole rings is 1. The number of aromatic amines is 1. The summed E-state index contributed by atoms with van der Waals surface area (Å²) < 4.78 is 5.81. The molecule has 1 amide bonds. The summed E-state index contributed by atoms with van der Waals surface area (Å²) in [4.78, 5) is 19.7. The SMILES string of the molecule is NC(=O)c1[nH]c(C2CCCC2)nc1-c1ccc(Oc2ccccc2)cc1. The topological polar surface area (TPSA) is 81.0 Å². The third-order valence-electron chi connectivity index (χ3n) is 4.82. The van der Waals surface area contributed by atoms with Crippen molar-refractivity contribution in [3.63, 3.8) is 0 Å². The number of primary amides is 1. The van der Waals surface area contributed by atoms with Gasteiger partial charge in [-0.2, -0.15) is 0 Å². The number of hydrogen-bond donors (Lipinski definition) is 2. The molecule has 1 saturated carbocycles. The number of aromatic nitrogens is 2. The van der Waals surface area contributed by atoms with E-state index in [1.165, 1.54) is 12.8 Å². The van der Waals surface area contributed by atoms with Crippen molar-refractivity contribution < 1.29 is 9.53 Å². The van der Waals surface area contributed by atoms with Gasteiger partial charge in [-0.15, -0.1) is 0 Å². The molecule has 5 nitrogen and oxygen atoms in total. The van der Waals surface area contributed by atoms with Gasteiger partial charge in [-0.1, -0.05) is 31.0 Å². The smallest absolute Gasteiger partial charge is 0.267 e. The lowest BCUT2D eigenvalue weighted by molar-refractivity contribution is 0.0996. The van der Waals surface area contributed by atoms with Gasteiger partial charge >= 0.3 is 0 Å². The highest BCUT2D eigenvalue weighted by atomic mass is 16.5. The van der Waals surface area contributed by atoms with Crippen molar-refractivity contribution in [2.75, 3.05) is 0 Å². The van der Waals surface area contributed by atoms with Crippen LogP contribution in [0.25, 0.3) is 11.3 Å². The standard InChI is InChI=1S/C21H21N3O2/c22-20(25)19-18(23-21(24-19)15-6-4-5-7-15)14-10-12-17(13-11-14)26-16-8-2-1-3-9-16/h1-3,8-13,15H,4-7H2,(H2,22,25)(H,23,24). The van der Waals surface area contributed by atoms with Gasteiger partial charge in [0.05, 0.1) is 0 Å². The van der Waals surface area contributed by atoms with Crippen molar-refractivity contribution in [3.05, 3.63) is 66.1 Å². The van der Waals surface area contributed by atoms with Crippen LogP contribution in [0.2, 0.25) is 0 Å². The molecule has 0 aliphatic heterocycles. The first kappa shape index (κ1) is 16.4. The maximum Gasteiger partial charge on any atom is 0.267 e. The molecule has 1 fully saturated rings. The second-order valence-electron chi connectivity index (χ2n) is 6.63. The highest BCUT2D eigenvalue weighted by Crippen LogP contribution is 2.35. The van der Waals surface area contributed by atoms with Crippen LogP contribution in [0.5, 0.6) is 11.5 Å². The molecule has 0 unspecified atom stereocenters. The average Bonchev–Trinajstić information content (AvgIpc) is 3.33. The molecule has 0 atom stereocenters. The van der Waals surface area contributed by atoms with E-state index in [9.17, 15) is 4.79 Å². The zero-order valence-electron chi connectivity index (χ0n) is 14.4. The Bertz CT molecular complexity index is 895. The van der Waals surface area contributed by atoms with Crippen LogP contribution in [-0.4, -0.2) is 15.9 Å². The number of carbonyl (C=O) groups is 1. The monoisotopic (exact) mass is 347 g/mol. The number of ether oxygens (including phenoxy) is 1. The third kappa shape index (κ3) is 3.33. The van der Waals surface area contributed by atoms with E-state index < -0.39 is 5.91 Å². The molecule has 2 aromatic carbocycles. The van der Waals surface area contributed by atoms with Crippen LogP contribution in [-0.2, 0) is 0 Å². The molecule has 0 saturated heterocycles. The van der Waals surface area contributed by atoms with Gasteiger partial charge in [-0.25, -0.2) is 4.98 Å². The van der Waals surface area contributed by atoms with Crippen LogP contribution in [0, 0.1) is 0 Å². The van der Waals surface area contributed by atoms with Crippen molar-refractivity contribution in [1.82, 2.24) is 9.97 Å². The second-order valence-corrected chi connectivity index (χ2v) is 6.63. The Balaban J connectivity index is 1.61. The van der Waals surface area contributed by atoms with Crippen LogP contribution in [0.3, 0.4) is 0 Å². The molecule has 3 N–H and O–H groups in total. The molecule has 0 spiro atoms. The zero-order chi connectivity index (χ0) is 17.9. The Morgan fingerprint density at radius 1 is 1.00 bits per heavy atom. The molecule has 1 heterocycles. The quantitative estimate of drug-likeness (QED) is 0.706. The van der Waals surface area contributed by atoms with E-state index in [2.05, 4.69) is 4.98 Å². The fraction of sp³-hybridized carbons (Fsp3) is 0.238. The number of amides is 1. The van der Waals surface area contributed by atoms with Crippen molar-refractivity contribution in [2.45, 2.75) is 31.6 Å². The maximum atomic E-state index is 11.9. The zero-order valence-corrected chi connectivity index (χ0v) is 14.4. The largest absolute Gasteiger partial charge is 0.457 e. The Labute approximate surface area is 152 Å². The summed E-state index contributed by atoms with van der Waals surface area (Å²) in [6, 6.07) is 17.2. The molecule has 1 aliphatic rings. The van der Waals surface area contributed by atoms with Crippen LogP contribution >= 0.6 is 0 Å². The van der Waals surface area contributed by atoms with Gasteiger partial charge in [0.2, 0.25) is 0 Å². The van der Waals surface area contributed by atoms with Crippen molar-refractivity contribution >= 4 is 5.91 Å². The number of benzene rings is 2. The second kappa shape index (κ2) is 7.04. The number of nitrogens with one attached hydrogen (secondary N) is 1. The van der Waals surface area contributed by atoms with Crippen LogP contribution in [0.15, 0.2) is 54.6 Å². The number of H-pyrrole nitrogens is 1. The normalized spacial score (nSPS) is 14.5. The first-order valence-corrected chi connectivity index (χ1v) is 8.94. The van der Waals surface area contributed by atoms with E-state index in [0.717, 1.165) is 35.7 Å². The molecule has 4 rings (SSSR count). The van der Waals surface area contributed by atoms with Crippen molar-refractivity contribution in [1.29, 1.82) is 0 Å². The van der Waals surface area contributed by atoms with Gasteiger partial charge in [0, 0.05) is 11.5 Å². The summed E-state index contributed by atoms with van der Waals surface area (Å²) in [5, 5.41) is 0. The minimum atomic E-state index is -0.485. The number of rotatable bonds is 5. The lowest BCUT2D eigenvalue weighted by atomic mass is 10.1. The van der Waals surface area contributed by atoms with Crippen LogP contribution in [0.1, 0.15) is 47.9 Å². The van der Waals surface area contributed by atoms with E-state index in [1.807, 2.05) is 54.6 Å². The molecule has 3 aromatic rings. The number of hydrogen-bond acceptors (Lipinski definition) is 3. The summed E-state index contributed by atoms with van der Waals surface area (Å²) in [6.07, 6.45) is 4.63. The fourth-order valence-electron chi connectivity index (χ4n) is 3.48. The van der Waals surface area contributed by atoms with E-state index in [0.29, 0.717) is 17.3 Å². The van der Waals surface area contributed by atoms with Crippen molar-refractivity contribution in [3.8, 4) is 22.8 Å². The van der Waals surface area contributed by atoms with E-state index in [4.69, 9.17) is 15.5 Å². The molecule has 26 heavy (non-hydrogen) atoms. The van der Waals surface area contributed by atoms with Gasteiger partial charge in [0.25, 0.3) is 5.91 Å². The average molecular weight is 347 g/mol. The number of nitrogens with two attached hydrogens (primary N) is 1. The van der Waals surface area contributed by atoms with Gasteiger partial charge in [0.15, 0.2) is 0 Å². The minimum absolute atomic E-state index is 0.378. The van der Waals surface area contributed by atoms with E-state index >= 15 is 0 Å². The Hall–Kier alpha value is -3.08. The van der Waals surface area contributed by atoms with Gasteiger partial charge in [-0.3, -0.25) is 4.79 Å². The highest BCUT2D eigenvalue weighted by Gasteiger charge is 2.24. The Morgan fingerprint density at radius 3 is 2.31 bits per heavy atom. The number of nitrogens with zero attached hydrogens (tertiary/aromatic N) is 1. The number of para-hydroxylation sites is 1. The highest BCUT2D eigenvalue weighted by molar-refractivity contribution is 5.97. The molecule has 132 valence electrons. The molecule has 0 radical (unpaired) electrons. The minimum Gasteiger partial charge on any atom is -0.457 e. The number of carbonyl (C=O) groups excluding carboxylic acids is 1. The van der Waals surface area contributed by atoms with Crippen LogP contribution in [0.4, 0.5) is 0 Å². The molecule has 5 heteroatoms. The predicted molar refractivity (Wildman–Crippen MR) is 100 cm³/mol. The Kier molecular flexibility index (Phi) is 4.44. The molecular weight excluding hydrogens is 326 g/mol. The maximum absolute atomic E-state index is 11.9. The molecule has 0 bridgehead atoms. The Morgan fingerprint density at radius 2 is 1.65 bits per heavy atom. The summed E-state index contributed by atoms with van der Waals surface area (Å²) >= 11 is 0. The lowest BCUT2D eigenvalue weighted by Gasteiger charge is -2.06. The first-order chi connectivity index (χ1) is 12.7. The van der Waals surface area contributed by atoms with E-state index in [1.54, 1.807) is 0 Å². The molecule has 1 aromatic heterocycles. The lowest BCUT2D eigenvalue weighted by Crippen LogP contribution is -2.13. The third-order valence-corrected chi connectivity index (χ3v) is 4.82.